The molecule has 2 nitrogen and oxygen atoms in total. The zero-order chi connectivity index (χ0) is 10.7. The number of aryl methyl sites for hydroxylation is 1. The van der Waals surface area contributed by atoms with Crippen LogP contribution in [0.5, 0.6) is 0 Å². The highest BCUT2D eigenvalue weighted by atomic mass is 15.0. The minimum atomic E-state index is 0.630. The largest absolute Gasteiger partial charge is 0.383 e. The Hall–Kier alpha value is -1.18. The van der Waals surface area contributed by atoms with Gasteiger partial charge in [-0.2, -0.15) is 0 Å². The Labute approximate surface area is 92.1 Å². The summed E-state index contributed by atoms with van der Waals surface area (Å²) in [6.45, 7) is 5.46. The molecular formula is C13H20N2. The Morgan fingerprint density at radius 1 is 1.33 bits per heavy atom. The van der Waals surface area contributed by atoms with Gasteiger partial charge in [0.2, 0.25) is 0 Å². The molecule has 0 saturated carbocycles. The fourth-order valence-corrected chi connectivity index (χ4v) is 2.17. The van der Waals surface area contributed by atoms with Crippen molar-refractivity contribution in [3.8, 4) is 0 Å². The van der Waals surface area contributed by atoms with Crippen molar-refractivity contribution in [1.29, 1.82) is 0 Å². The zero-order valence-corrected chi connectivity index (χ0v) is 9.64. The Morgan fingerprint density at radius 2 is 2.20 bits per heavy atom. The van der Waals surface area contributed by atoms with E-state index in [0.717, 1.165) is 6.54 Å². The summed E-state index contributed by atoms with van der Waals surface area (Å²) in [6, 6.07) is 7.20. The molecule has 1 atom stereocenters. The molecule has 1 heterocycles. The molecule has 0 fully saturated rings. The van der Waals surface area contributed by atoms with E-state index in [9.17, 15) is 0 Å². The van der Waals surface area contributed by atoms with Crippen LogP contribution < -0.4 is 10.6 Å². The van der Waals surface area contributed by atoms with E-state index in [1.807, 2.05) is 0 Å². The molecule has 2 N–H and O–H groups in total. The molecule has 1 aliphatic rings. The molecule has 82 valence electrons. The molecule has 0 amide bonds. The van der Waals surface area contributed by atoms with Gasteiger partial charge in [-0.15, -0.1) is 0 Å². The van der Waals surface area contributed by atoms with Gasteiger partial charge in [0, 0.05) is 12.6 Å². The second-order valence-electron chi connectivity index (χ2n) is 4.39. The van der Waals surface area contributed by atoms with Crippen LogP contribution in [0.25, 0.3) is 0 Å². The number of hydrogen-bond donors (Lipinski definition) is 2. The van der Waals surface area contributed by atoms with E-state index in [1.54, 1.807) is 0 Å². The number of benzene rings is 1. The van der Waals surface area contributed by atoms with Gasteiger partial charge in [-0.05, 0) is 37.5 Å². The van der Waals surface area contributed by atoms with Crippen LogP contribution in [0.1, 0.15) is 31.7 Å². The lowest BCUT2D eigenvalue weighted by Crippen LogP contribution is -2.19. The normalized spacial score (nSPS) is 19.7. The number of hydrogen-bond acceptors (Lipinski definition) is 2. The Morgan fingerprint density at radius 3 is 3.00 bits per heavy atom. The van der Waals surface area contributed by atoms with Crippen molar-refractivity contribution in [2.45, 2.75) is 39.2 Å². The minimum absolute atomic E-state index is 0.630. The number of fused-ring (bicyclic) bond motifs is 1. The van der Waals surface area contributed by atoms with Crippen LogP contribution in [0, 0.1) is 6.92 Å². The van der Waals surface area contributed by atoms with Gasteiger partial charge in [-0.3, -0.25) is 0 Å². The zero-order valence-electron chi connectivity index (χ0n) is 9.64. The molecule has 15 heavy (non-hydrogen) atoms. The third-order valence-electron chi connectivity index (χ3n) is 2.98. The smallest absolute Gasteiger partial charge is 0.0580 e. The Kier molecular flexibility index (Phi) is 3.14. The first-order valence-corrected chi connectivity index (χ1v) is 5.90. The third-order valence-corrected chi connectivity index (χ3v) is 2.98. The summed E-state index contributed by atoms with van der Waals surface area (Å²) in [6.07, 6.45) is 3.72. The van der Waals surface area contributed by atoms with Gasteiger partial charge in [0.05, 0.1) is 11.4 Å². The predicted molar refractivity (Wildman–Crippen MR) is 66.6 cm³/mol. The summed E-state index contributed by atoms with van der Waals surface area (Å²) in [5, 5.41) is 7.12. The SMILES string of the molecule is CCCC1CCNc2ccc(C)cc2N1. The Bertz CT molecular complexity index is 333. The van der Waals surface area contributed by atoms with Crippen molar-refractivity contribution >= 4 is 11.4 Å². The predicted octanol–water partition coefficient (Wildman–Crippen LogP) is 3.39. The molecule has 0 aliphatic carbocycles. The Balaban J connectivity index is 2.19. The van der Waals surface area contributed by atoms with Crippen molar-refractivity contribution in [3.05, 3.63) is 23.8 Å². The van der Waals surface area contributed by atoms with Gasteiger partial charge in [0.15, 0.2) is 0 Å². The molecule has 0 radical (unpaired) electrons. The topological polar surface area (TPSA) is 24.1 Å². The van der Waals surface area contributed by atoms with Crippen LogP contribution in [0.4, 0.5) is 11.4 Å². The molecule has 1 aliphatic heterocycles. The molecule has 1 aromatic carbocycles. The first-order valence-electron chi connectivity index (χ1n) is 5.90. The van der Waals surface area contributed by atoms with Gasteiger partial charge in [-0.1, -0.05) is 19.4 Å². The van der Waals surface area contributed by atoms with Gasteiger partial charge >= 0.3 is 0 Å². The summed E-state index contributed by atoms with van der Waals surface area (Å²) in [7, 11) is 0. The molecule has 2 heteroatoms. The monoisotopic (exact) mass is 204 g/mol. The van der Waals surface area contributed by atoms with E-state index in [2.05, 4.69) is 42.7 Å². The minimum Gasteiger partial charge on any atom is -0.383 e. The molecule has 1 unspecified atom stereocenters. The quantitative estimate of drug-likeness (QED) is 0.771. The first kappa shape index (κ1) is 10.3. The summed E-state index contributed by atoms with van der Waals surface area (Å²) in [4.78, 5) is 0. The molecule has 2 rings (SSSR count). The summed E-state index contributed by atoms with van der Waals surface area (Å²) in [5.41, 5.74) is 3.84. The van der Waals surface area contributed by atoms with Crippen LogP contribution in [0.3, 0.4) is 0 Å². The average molecular weight is 204 g/mol. The van der Waals surface area contributed by atoms with Crippen molar-refractivity contribution < 1.29 is 0 Å². The van der Waals surface area contributed by atoms with Crippen LogP contribution in [-0.2, 0) is 0 Å². The molecule has 0 bridgehead atoms. The lowest BCUT2D eigenvalue weighted by molar-refractivity contribution is 0.615. The van der Waals surface area contributed by atoms with Crippen LogP contribution in [0.15, 0.2) is 18.2 Å². The lowest BCUT2D eigenvalue weighted by atomic mass is 10.1. The second-order valence-corrected chi connectivity index (χ2v) is 4.39. The van der Waals surface area contributed by atoms with E-state index in [1.165, 1.54) is 36.2 Å². The highest BCUT2D eigenvalue weighted by Crippen LogP contribution is 2.27. The number of anilines is 2. The van der Waals surface area contributed by atoms with Crippen LogP contribution in [-0.4, -0.2) is 12.6 Å². The van der Waals surface area contributed by atoms with E-state index < -0.39 is 0 Å². The second kappa shape index (κ2) is 4.56. The molecular weight excluding hydrogens is 184 g/mol. The van der Waals surface area contributed by atoms with E-state index in [-0.39, 0.29) is 0 Å². The first-order chi connectivity index (χ1) is 7.29. The summed E-state index contributed by atoms with van der Waals surface area (Å²) >= 11 is 0. The maximum atomic E-state index is 3.64. The number of rotatable bonds is 2. The third kappa shape index (κ3) is 2.44. The molecule has 0 aromatic heterocycles. The van der Waals surface area contributed by atoms with Crippen molar-refractivity contribution in [2.24, 2.45) is 0 Å². The average Bonchev–Trinajstić information content (AvgIpc) is 2.39. The van der Waals surface area contributed by atoms with Crippen molar-refractivity contribution in [3.63, 3.8) is 0 Å². The number of nitrogens with one attached hydrogen (secondary N) is 2. The maximum absolute atomic E-state index is 3.64. The van der Waals surface area contributed by atoms with E-state index in [0.29, 0.717) is 6.04 Å². The van der Waals surface area contributed by atoms with E-state index >= 15 is 0 Å². The van der Waals surface area contributed by atoms with Crippen molar-refractivity contribution in [2.75, 3.05) is 17.2 Å². The fourth-order valence-electron chi connectivity index (χ4n) is 2.17. The van der Waals surface area contributed by atoms with Crippen molar-refractivity contribution in [1.82, 2.24) is 0 Å². The summed E-state index contributed by atoms with van der Waals surface area (Å²) < 4.78 is 0. The molecule has 1 aromatic rings. The fraction of sp³-hybridized carbons (Fsp3) is 0.538. The summed E-state index contributed by atoms with van der Waals surface area (Å²) in [5.74, 6) is 0. The molecule has 0 spiro atoms. The highest BCUT2D eigenvalue weighted by Gasteiger charge is 2.13. The van der Waals surface area contributed by atoms with Crippen LogP contribution in [0.2, 0.25) is 0 Å². The van der Waals surface area contributed by atoms with E-state index in [4.69, 9.17) is 0 Å². The maximum Gasteiger partial charge on any atom is 0.0580 e. The van der Waals surface area contributed by atoms with Gasteiger partial charge in [-0.25, -0.2) is 0 Å². The van der Waals surface area contributed by atoms with Gasteiger partial charge in [0.25, 0.3) is 0 Å². The highest BCUT2D eigenvalue weighted by molar-refractivity contribution is 5.70. The lowest BCUT2D eigenvalue weighted by Gasteiger charge is -2.16. The molecule has 0 saturated heterocycles. The van der Waals surface area contributed by atoms with Gasteiger partial charge < -0.3 is 10.6 Å². The van der Waals surface area contributed by atoms with Gasteiger partial charge in [0.1, 0.15) is 0 Å². The standard InChI is InChI=1S/C13H20N2/c1-3-4-11-7-8-14-12-6-5-10(2)9-13(12)15-11/h5-6,9,11,14-15H,3-4,7-8H2,1-2H3. The van der Waals surface area contributed by atoms with Crippen LogP contribution >= 0.6 is 0 Å².